The van der Waals surface area contributed by atoms with E-state index in [1.807, 2.05) is 26.0 Å². The van der Waals surface area contributed by atoms with Gasteiger partial charge in [-0.1, -0.05) is 19.9 Å². The van der Waals surface area contributed by atoms with Gasteiger partial charge in [-0.15, -0.1) is 0 Å². The molecule has 0 fully saturated rings. The molecule has 3 nitrogen and oxygen atoms in total. The third-order valence-electron chi connectivity index (χ3n) is 2.36. The van der Waals surface area contributed by atoms with Crippen LogP contribution in [0.25, 0.3) is 0 Å². The number of nitrogens with one attached hydrogen (secondary N) is 1. The van der Waals surface area contributed by atoms with Crippen molar-refractivity contribution in [1.29, 1.82) is 0 Å². The van der Waals surface area contributed by atoms with E-state index < -0.39 is 0 Å². The van der Waals surface area contributed by atoms with Crippen LogP contribution in [0.4, 0.5) is 5.82 Å². The Kier molecular flexibility index (Phi) is 1.79. The van der Waals surface area contributed by atoms with Gasteiger partial charge in [0.2, 0.25) is 5.91 Å². The predicted octanol–water partition coefficient (Wildman–Crippen LogP) is 1.77. The summed E-state index contributed by atoms with van der Waals surface area (Å²) in [6.45, 7) is 4.10. The molecular formula is C10H12N2O. The summed E-state index contributed by atoms with van der Waals surface area (Å²) in [5, 5.41) is 2.78. The van der Waals surface area contributed by atoms with Gasteiger partial charge in [0.25, 0.3) is 0 Å². The second-order valence-electron chi connectivity index (χ2n) is 3.65. The Morgan fingerprint density at radius 1 is 1.54 bits per heavy atom. The van der Waals surface area contributed by atoms with Crippen molar-refractivity contribution in [2.45, 2.75) is 19.8 Å². The first-order valence-corrected chi connectivity index (χ1v) is 4.46. The number of carbonyl (C=O) groups is 1. The molecule has 0 radical (unpaired) electrons. The molecule has 0 aromatic carbocycles. The molecule has 1 aliphatic heterocycles. The van der Waals surface area contributed by atoms with E-state index in [1.165, 1.54) is 0 Å². The fraction of sp³-hybridized carbons (Fsp3) is 0.400. The first-order valence-electron chi connectivity index (χ1n) is 4.46. The number of pyridine rings is 1. The van der Waals surface area contributed by atoms with Crippen LogP contribution in [0.15, 0.2) is 18.3 Å². The number of hydrogen-bond acceptors (Lipinski definition) is 2. The molecule has 1 aromatic rings. The number of anilines is 1. The Morgan fingerprint density at radius 2 is 2.31 bits per heavy atom. The summed E-state index contributed by atoms with van der Waals surface area (Å²) in [6.07, 6.45) is 1.70. The maximum atomic E-state index is 11.5. The molecule has 1 atom stereocenters. The SMILES string of the molecule is CC(C)C1C(=O)Nc2ncccc21. The molecule has 0 saturated carbocycles. The van der Waals surface area contributed by atoms with E-state index >= 15 is 0 Å². The maximum absolute atomic E-state index is 11.5. The van der Waals surface area contributed by atoms with E-state index in [0.29, 0.717) is 5.92 Å². The third kappa shape index (κ3) is 1.20. The lowest BCUT2D eigenvalue weighted by Gasteiger charge is -2.11. The molecule has 0 bridgehead atoms. The highest BCUT2D eigenvalue weighted by atomic mass is 16.2. The first-order chi connectivity index (χ1) is 6.20. The highest BCUT2D eigenvalue weighted by molar-refractivity contribution is 6.01. The summed E-state index contributed by atoms with van der Waals surface area (Å²) in [5.41, 5.74) is 1.03. The minimum absolute atomic E-state index is 0.0244. The highest BCUT2D eigenvalue weighted by Crippen LogP contribution is 2.35. The van der Waals surface area contributed by atoms with Gasteiger partial charge in [0.1, 0.15) is 5.82 Å². The molecule has 1 aromatic heterocycles. The van der Waals surface area contributed by atoms with Crippen LogP contribution in [0.1, 0.15) is 25.3 Å². The molecule has 1 N–H and O–H groups in total. The Hall–Kier alpha value is -1.38. The van der Waals surface area contributed by atoms with Gasteiger partial charge in [-0.2, -0.15) is 0 Å². The van der Waals surface area contributed by atoms with Crippen molar-refractivity contribution < 1.29 is 4.79 Å². The molecule has 2 rings (SSSR count). The van der Waals surface area contributed by atoms with Gasteiger partial charge >= 0.3 is 0 Å². The van der Waals surface area contributed by atoms with Crippen LogP contribution in [0.2, 0.25) is 0 Å². The second kappa shape index (κ2) is 2.83. The van der Waals surface area contributed by atoms with Gasteiger partial charge in [-0.3, -0.25) is 4.79 Å². The minimum atomic E-state index is -0.0244. The fourth-order valence-electron chi connectivity index (χ4n) is 1.77. The van der Waals surface area contributed by atoms with Gasteiger partial charge in [-0.05, 0) is 12.0 Å². The van der Waals surface area contributed by atoms with E-state index in [0.717, 1.165) is 11.4 Å². The largest absolute Gasteiger partial charge is 0.310 e. The number of amides is 1. The van der Waals surface area contributed by atoms with Crippen LogP contribution in [-0.4, -0.2) is 10.9 Å². The van der Waals surface area contributed by atoms with Crippen LogP contribution in [0.5, 0.6) is 0 Å². The van der Waals surface area contributed by atoms with E-state index in [9.17, 15) is 4.79 Å². The van der Waals surface area contributed by atoms with E-state index in [1.54, 1.807) is 6.20 Å². The van der Waals surface area contributed by atoms with Crippen molar-refractivity contribution in [3.8, 4) is 0 Å². The second-order valence-corrected chi connectivity index (χ2v) is 3.65. The van der Waals surface area contributed by atoms with E-state index in [-0.39, 0.29) is 11.8 Å². The molecule has 0 spiro atoms. The smallest absolute Gasteiger partial charge is 0.233 e. The van der Waals surface area contributed by atoms with Crippen molar-refractivity contribution in [2.75, 3.05) is 5.32 Å². The summed E-state index contributed by atoms with van der Waals surface area (Å²) < 4.78 is 0. The normalized spacial score (nSPS) is 20.2. The number of carbonyl (C=O) groups excluding carboxylic acids is 1. The average molecular weight is 176 g/mol. The monoisotopic (exact) mass is 176 g/mol. The molecule has 1 unspecified atom stereocenters. The van der Waals surface area contributed by atoms with Crippen LogP contribution in [0, 0.1) is 5.92 Å². The molecular weight excluding hydrogens is 164 g/mol. The zero-order chi connectivity index (χ0) is 9.42. The third-order valence-corrected chi connectivity index (χ3v) is 2.36. The number of hydrogen-bond donors (Lipinski definition) is 1. The zero-order valence-corrected chi connectivity index (χ0v) is 7.74. The number of fused-ring (bicyclic) bond motifs is 1. The lowest BCUT2D eigenvalue weighted by molar-refractivity contribution is -0.117. The summed E-state index contributed by atoms with van der Waals surface area (Å²) in [5.74, 6) is 1.10. The summed E-state index contributed by atoms with van der Waals surface area (Å²) in [4.78, 5) is 15.6. The Labute approximate surface area is 77.2 Å². The molecule has 2 heterocycles. The maximum Gasteiger partial charge on any atom is 0.233 e. The van der Waals surface area contributed by atoms with E-state index in [4.69, 9.17) is 0 Å². The van der Waals surface area contributed by atoms with Crippen molar-refractivity contribution >= 4 is 11.7 Å². The van der Waals surface area contributed by atoms with Gasteiger partial charge in [0, 0.05) is 11.8 Å². The summed E-state index contributed by atoms with van der Waals surface area (Å²) in [6, 6.07) is 3.83. The van der Waals surface area contributed by atoms with Gasteiger partial charge in [0.15, 0.2) is 0 Å². The van der Waals surface area contributed by atoms with Crippen LogP contribution in [-0.2, 0) is 4.79 Å². The van der Waals surface area contributed by atoms with Gasteiger partial charge in [-0.25, -0.2) is 4.98 Å². The average Bonchev–Trinajstić information content (AvgIpc) is 2.39. The van der Waals surface area contributed by atoms with Crippen molar-refractivity contribution in [3.63, 3.8) is 0 Å². The predicted molar refractivity (Wildman–Crippen MR) is 50.4 cm³/mol. The molecule has 0 saturated heterocycles. The quantitative estimate of drug-likeness (QED) is 0.708. The van der Waals surface area contributed by atoms with Gasteiger partial charge < -0.3 is 5.32 Å². The minimum Gasteiger partial charge on any atom is -0.310 e. The standard InChI is InChI=1S/C10H12N2O/c1-6(2)8-7-4-3-5-11-9(7)12-10(8)13/h3-6,8H,1-2H3,(H,11,12,13). The molecule has 3 heteroatoms. The molecule has 0 aliphatic carbocycles. The molecule has 1 amide bonds. The van der Waals surface area contributed by atoms with E-state index in [2.05, 4.69) is 10.3 Å². The lowest BCUT2D eigenvalue weighted by Crippen LogP contribution is -2.16. The summed E-state index contributed by atoms with van der Waals surface area (Å²) >= 11 is 0. The van der Waals surface area contributed by atoms with Crippen LogP contribution >= 0.6 is 0 Å². The topological polar surface area (TPSA) is 42.0 Å². The van der Waals surface area contributed by atoms with Crippen LogP contribution < -0.4 is 5.32 Å². The Morgan fingerprint density at radius 3 is 3.00 bits per heavy atom. The Balaban J connectivity index is 2.46. The lowest BCUT2D eigenvalue weighted by atomic mass is 9.91. The van der Waals surface area contributed by atoms with Crippen LogP contribution in [0.3, 0.4) is 0 Å². The first kappa shape index (κ1) is 8.23. The molecule has 68 valence electrons. The highest BCUT2D eigenvalue weighted by Gasteiger charge is 2.33. The zero-order valence-electron chi connectivity index (χ0n) is 7.74. The van der Waals surface area contributed by atoms with Crippen molar-refractivity contribution in [3.05, 3.63) is 23.9 Å². The molecule has 13 heavy (non-hydrogen) atoms. The molecule has 1 aliphatic rings. The number of rotatable bonds is 1. The summed E-state index contributed by atoms with van der Waals surface area (Å²) in [7, 11) is 0. The van der Waals surface area contributed by atoms with Crippen molar-refractivity contribution in [2.24, 2.45) is 5.92 Å². The van der Waals surface area contributed by atoms with Gasteiger partial charge in [0.05, 0.1) is 5.92 Å². The fourth-order valence-corrected chi connectivity index (χ4v) is 1.77. The number of nitrogens with zero attached hydrogens (tertiary/aromatic N) is 1. The number of aromatic nitrogens is 1. The Bertz CT molecular complexity index is 347. The van der Waals surface area contributed by atoms with Crippen molar-refractivity contribution in [1.82, 2.24) is 4.98 Å².